The summed E-state index contributed by atoms with van der Waals surface area (Å²) >= 11 is 2.88. The minimum atomic E-state index is -1.53. The lowest BCUT2D eigenvalue weighted by atomic mass is 9.92. The van der Waals surface area contributed by atoms with E-state index in [4.69, 9.17) is 4.74 Å². The maximum absolute atomic E-state index is 13.9. The molecule has 2 aromatic rings. The summed E-state index contributed by atoms with van der Waals surface area (Å²) in [5.74, 6) is -3.76. The van der Waals surface area contributed by atoms with Gasteiger partial charge >= 0.3 is 6.09 Å². The summed E-state index contributed by atoms with van der Waals surface area (Å²) in [7, 11) is 0. The first-order chi connectivity index (χ1) is 14.8. The van der Waals surface area contributed by atoms with Crippen LogP contribution in [0.15, 0.2) is 46.9 Å². The molecule has 3 N–H and O–H groups in total. The van der Waals surface area contributed by atoms with Gasteiger partial charge in [-0.25, -0.2) is 13.6 Å². The molecule has 0 radical (unpaired) electrons. The van der Waals surface area contributed by atoms with E-state index in [0.717, 1.165) is 11.6 Å². The molecule has 7 nitrogen and oxygen atoms in total. The summed E-state index contributed by atoms with van der Waals surface area (Å²) in [6.45, 7) is 6.49. The third-order valence-corrected chi connectivity index (χ3v) is 4.83. The Bertz CT molecular complexity index is 1010. The second kappa shape index (κ2) is 10.1. The lowest BCUT2D eigenvalue weighted by Gasteiger charge is -2.31. The van der Waals surface area contributed by atoms with Crippen molar-refractivity contribution in [2.75, 3.05) is 0 Å². The van der Waals surface area contributed by atoms with Crippen molar-refractivity contribution in [3.05, 3.63) is 69.7 Å². The standard InChI is InChI=1S/C22H24BrF2N3O4/c1-21(2,3)32-20(31)26-22(4,12-13-8-6-5-7-9-13)19(30)28-27-18(29)14-10-15(23)17(25)11-16(14)24/h5-11H,12H2,1-4H3,(H,26,31)(H,27,29)(H,28,30). The number of carbonyl (C=O) groups is 3. The van der Waals surface area contributed by atoms with Gasteiger partial charge in [0.25, 0.3) is 11.8 Å². The zero-order chi connectivity index (χ0) is 24.1. The molecule has 0 aliphatic heterocycles. The van der Waals surface area contributed by atoms with Crippen LogP contribution in [0.25, 0.3) is 0 Å². The van der Waals surface area contributed by atoms with Crippen LogP contribution in [0.2, 0.25) is 0 Å². The van der Waals surface area contributed by atoms with Crippen molar-refractivity contribution in [1.82, 2.24) is 16.2 Å². The number of alkyl carbamates (subject to hydrolysis) is 1. The van der Waals surface area contributed by atoms with E-state index >= 15 is 0 Å². The topological polar surface area (TPSA) is 96.5 Å². The lowest BCUT2D eigenvalue weighted by molar-refractivity contribution is -0.127. The Balaban J connectivity index is 2.19. The second-order valence-electron chi connectivity index (χ2n) is 8.28. The van der Waals surface area contributed by atoms with Crippen molar-refractivity contribution in [3.63, 3.8) is 0 Å². The van der Waals surface area contributed by atoms with Crippen molar-refractivity contribution in [2.24, 2.45) is 0 Å². The Labute approximate surface area is 193 Å². The van der Waals surface area contributed by atoms with Crippen LogP contribution >= 0.6 is 15.9 Å². The highest BCUT2D eigenvalue weighted by Crippen LogP contribution is 2.20. The number of hydrogen-bond donors (Lipinski definition) is 3. The van der Waals surface area contributed by atoms with Gasteiger partial charge in [0, 0.05) is 12.5 Å². The summed E-state index contributed by atoms with van der Waals surface area (Å²) < 4.78 is 32.5. The molecule has 0 heterocycles. The molecule has 2 rings (SSSR count). The quantitative estimate of drug-likeness (QED) is 0.417. The first kappa shape index (κ1) is 25.3. The maximum atomic E-state index is 13.9. The van der Waals surface area contributed by atoms with Crippen LogP contribution in [0, 0.1) is 11.6 Å². The lowest BCUT2D eigenvalue weighted by Crippen LogP contribution is -2.61. The fraction of sp³-hybridized carbons (Fsp3) is 0.318. The largest absolute Gasteiger partial charge is 0.444 e. The average molecular weight is 512 g/mol. The fourth-order valence-electron chi connectivity index (χ4n) is 2.73. The van der Waals surface area contributed by atoms with Crippen molar-refractivity contribution in [1.29, 1.82) is 0 Å². The number of amides is 3. The number of ether oxygens (including phenoxy) is 1. The summed E-state index contributed by atoms with van der Waals surface area (Å²) in [5.41, 5.74) is 2.20. The molecule has 172 valence electrons. The third-order valence-electron chi connectivity index (χ3n) is 4.22. The summed E-state index contributed by atoms with van der Waals surface area (Å²) in [4.78, 5) is 37.6. The van der Waals surface area contributed by atoms with Gasteiger partial charge in [0.2, 0.25) is 0 Å². The van der Waals surface area contributed by atoms with Gasteiger partial charge in [-0.1, -0.05) is 30.3 Å². The van der Waals surface area contributed by atoms with Gasteiger partial charge in [0.05, 0.1) is 10.0 Å². The fourth-order valence-corrected chi connectivity index (χ4v) is 3.07. The first-order valence-corrected chi connectivity index (χ1v) is 10.4. The normalized spacial score (nSPS) is 13.0. The molecule has 0 spiro atoms. The number of nitrogens with one attached hydrogen (secondary N) is 3. The molecule has 0 bridgehead atoms. The molecule has 0 fully saturated rings. The Morgan fingerprint density at radius 2 is 1.59 bits per heavy atom. The smallest absolute Gasteiger partial charge is 0.408 e. The Morgan fingerprint density at radius 3 is 2.19 bits per heavy atom. The number of rotatable bonds is 5. The van der Waals surface area contributed by atoms with Crippen molar-refractivity contribution < 1.29 is 27.9 Å². The predicted molar refractivity (Wildman–Crippen MR) is 118 cm³/mol. The van der Waals surface area contributed by atoms with Crippen molar-refractivity contribution in [2.45, 2.75) is 45.3 Å². The summed E-state index contributed by atoms with van der Waals surface area (Å²) in [6, 6.07) is 10.4. The van der Waals surface area contributed by atoms with Crippen LogP contribution < -0.4 is 16.2 Å². The molecule has 0 saturated carbocycles. The van der Waals surface area contributed by atoms with Crippen LogP contribution in [0.3, 0.4) is 0 Å². The zero-order valence-electron chi connectivity index (χ0n) is 18.0. The highest BCUT2D eigenvalue weighted by molar-refractivity contribution is 9.10. The molecular weight excluding hydrogens is 488 g/mol. The number of benzene rings is 2. The minimum absolute atomic E-state index is 0.0746. The SMILES string of the molecule is CC(C)(C)OC(=O)NC(C)(Cc1ccccc1)C(=O)NNC(=O)c1cc(Br)c(F)cc1F. The molecule has 10 heteroatoms. The van der Waals surface area contributed by atoms with E-state index in [0.29, 0.717) is 6.07 Å². The zero-order valence-corrected chi connectivity index (χ0v) is 19.6. The second-order valence-corrected chi connectivity index (χ2v) is 9.13. The minimum Gasteiger partial charge on any atom is -0.444 e. The molecule has 0 aliphatic rings. The van der Waals surface area contributed by atoms with E-state index in [1.54, 1.807) is 51.1 Å². The van der Waals surface area contributed by atoms with Gasteiger partial charge in [-0.05, 0) is 55.3 Å². The predicted octanol–water partition coefficient (Wildman–Crippen LogP) is 4.01. The van der Waals surface area contributed by atoms with E-state index in [-0.39, 0.29) is 10.9 Å². The molecule has 0 aliphatic carbocycles. The van der Waals surface area contributed by atoms with E-state index < -0.39 is 46.2 Å². The van der Waals surface area contributed by atoms with Crippen molar-refractivity contribution in [3.8, 4) is 0 Å². The van der Waals surface area contributed by atoms with Crippen LogP contribution in [0.5, 0.6) is 0 Å². The Hall–Kier alpha value is -3.01. The average Bonchev–Trinajstić information content (AvgIpc) is 2.67. The van der Waals surface area contributed by atoms with Gasteiger partial charge in [-0.15, -0.1) is 0 Å². The van der Waals surface area contributed by atoms with Gasteiger partial charge < -0.3 is 10.1 Å². The van der Waals surface area contributed by atoms with Gasteiger partial charge in [0.15, 0.2) is 0 Å². The first-order valence-electron chi connectivity index (χ1n) is 9.61. The van der Waals surface area contributed by atoms with Crippen LogP contribution in [0.1, 0.15) is 43.6 Å². The van der Waals surface area contributed by atoms with Gasteiger partial charge in [-0.3, -0.25) is 20.4 Å². The molecule has 0 aromatic heterocycles. The highest BCUT2D eigenvalue weighted by Gasteiger charge is 2.37. The highest BCUT2D eigenvalue weighted by atomic mass is 79.9. The third kappa shape index (κ3) is 7.01. The summed E-state index contributed by atoms with van der Waals surface area (Å²) in [6.07, 6.45) is -0.753. The number of hydrazine groups is 1. The molecule has 1 unspecified atom stereocenters. The summed E-state index contributed by atoms with van der Waals surface area (Å²) in [5, 5.41) is 2.53. The van der Waals surface area contributed by atoms with Gasteiger partial charge in [-0.2, -0.15) is 0 Å². The Kier molecular flexibility index (Phi) is 7.95. The molecule has 2 aromatic carbocycles. The number of carbonyl (C=O) groups excluding carboxylic acids is 3. The molecule has 32 heavy (non-hydrogen) atoms. The molecular formula is C22H24BrF2N3O4. The van der Waals surface area contributed by atoms with E-state index in [2.05, 4.69) is 32.1 Å². The number of hydrogen-bond acceptors (Lipinski definition) is 4. The monoisotopic (exact) mass is 511 g/mol. The van der Waals surface area contributed by atoms with E-state index in [1.807, 2.05) is 0 Å². The molecule has 3 amide bonds. The van der Waals surface area contributed by atoms with Crippen LogP contribution in [-0.4, -0.2) is 29.0 Å². The Morgan fingerprint density at radius 1 is 0.969 bits per heavy atom. The molecule has 0 saturated heterocycles. The maximum Gasteiger partial charge on any atom is 0.408 e. The molecule has 1 atom stereocenters. The van der Waals surface area contributed by atoms with Crippen molar-refractivity contribution >= 4 is 33.8 Å². The van der Waals surface area contributed by atoms with Gasteiger partial charge in [0.1, 0.15) is 22.8 Å². The van der Waals surface area contributed by atoms with Crippen LogP contribution in [0.4, 0.5) is 13.6 Å². The number of halogens is 3. The van der Waals surface area contributed by atoms with Crippen LogP contribution in [-0.2, 0) is 16.0 Å². The van der Waals surface area contributed by atoms with E-state index in [9.17, 15) is 23.2 Å². The van der Waals surface area contributed by atoms with E-state index in [1.165, 1.54) is 6.92 Å².